The number of halogens is 1. The Morgan fingerprint density at radius 1 is 0.917 bits per heavy atom. The topological polar surface area (TPSA) is 67.9 Å². The zero-order valence-electron chi connectivity index (χ0n) is 21.2. The van der Waals surface area contributed by atoms with Crippen LogP contribution < -0.4 is 5.32 Å². The molecule has 0 radical (unpaired) electrons. The third kappa shape index (κ3) is 7.92. The monoisotopic (exact) mass is 492 g/mol. The maximum atomic E-state index is 15.1. The van der Waals surface area contributed by atoms with Gasteiger partial charge in [0.25, 0.3) is 0 Å². The van der Waals surface area contributed by atoms with E-state index in [4.69, 9.17) is 9.47 Å². The van der Waals surface area contributed by atoms with Gasteiger partial charge in [-0.1, -0.05) is 66.7 Å². The van der Waals surface area contributed by atoms with Gasteiger partial charge in [-0.25, -0.2) is 14.0 Å². The number of nitrogens with zero attached hydrogens (tertiary/aromatic N) is 1. The lowest BCUT2D eigenvalue weighted by molar-refractivity contribution is -0.150. The van der Waals surface area contributed by atoms with Crippen molar-refractivity contribution in [2.75, 3.05) is 11.9 Å². The molecule has 0 aromatic heterocycles. The van der Waals surface area contributed by atoms with E-state index in [9.17, 15) is 9.59 Å². The average Bonchev–Trinajstić information content (AvgIpc) is 2.81. The van der Waals surface area contributed by atoms with Crippen LogP contribution in [-0.2, 0) is 27.4 Å². The van der Waals surface area contributed by atoms with E-state index in [2.05, 4.69) is 5.32 Å². The minimum Gasteiger partial charge on any atom is -0.465 e. The quantitative estimate of drug-likeness (QED) is 0.346. The van der Waals surface area contributed by atoms with Gasteiger partial charge in [-0.2, -0.15) is 0 Å². The van der Waals surface area contributed by atoms with E-state index >= 15 is 4.39 Å². The summed E-state index contributed by atoms with van der Waals surface area (Å²) in [5, 5.41) is 2.43. The van der Waals surface area contributed by atoms with Crippen molar-refractivity contribution >= 4 is 17.7 Å². The van der Waals surface area contributed by atoms with Gasteiger partial charge < -0.3 is 9.47 Å². The van der Waals surface area contributed by atoms with Crippen molar-refractivity contribution in [2.45, 2.75) is 52.4 Å². The Bertz CT molecular complexity index is 1110. The molecule has 0 aliphatic rings. The number of carbonyl (C=O) groups is 2. The summed E-state index contributed by atoms with van der Waals surface area (Å²) < 4.78 is 25.8. The van der Waals surface area contributed by atoms with E-state index in [1.54, 1.807) is 33.8 Å². The van der Waals surface area contributed by atoms with Gasteiger partial charge in [0, 0.05) is 13.1 Å². The number of nitrogens with one attached hydrogen (secondary N) is 1. The summed E-state index contributed by atoms with van der Waals surface area (Å²) in [6, 6.07) is 23.0. The van der Waals surface area contributed by atoms with Crippen LogP contribution >= 0.6 is 0 Å². The highest BCUT2D eigenvalue weighted by atomic mass is 19.1. The molecule has 3 rings (SSSR count). The Balaban J connectivity index is 1.96. The minimum atomic E-state index is -0.865. The van der Waals surface area contributed by atoms with Gasteiger partial charge in [0.05, 0.1) is 12.3 Å². The average molecular weight is 493 g/mol. The highest BCUT2D eigenvalue weighted by Gasteiger charge is 2.30. The van der Waals surface area contributed by atoms with E-state index in [1.165, 1.54) is 12.1 Å². The molecule has 0 saturated heterocycles. The van der Waals surface area contributed by atoms with Crippen molar-refractivity contribution < 1.29 is 23.5 Å². The van der Waals surface area contributed by atoms with Crippen LogP contribution in [0.5, 0.6) is 0 Å². The second-order valence-corrected chi connectivity index (χ2v) is 9.40. The lowest BCUT2D eigenvalue weighted by Crippen LogP contribution is -2.35. The molecule has 3 aromatic carbocycles. The molecule has 1 N–H and O–H groups in total. The van der Waals surface area contributed by atoms with Crippen LogP contribution in [0.25, 0.3) is 0 Å². The molecule has 0 aliphatic heterocycles. The van der Waals surface area contributed by atoms with Gasteiger partial charge in [0.2, 0.25) is 0 Å². The Hall–Kier alpha value is -3.71. The first kappa shape index (κ1) is 26.9. The Morgan fingerprint density at radius 2 is 1.47 bits per heavy atom. The molecule has 0 heterocycles. The fraction of sp³-hybridized carbons (Fsp3) is 0.310. The van der Waals surface area contributed by atoms with Gasteiger partial charge in [0.15, 0.2) is 0 Å². The third-order valence-electron chi connectivity index (χ3n) is 5.28. The zero-order valence-corrected chi connectivity index (χ0v) is 21.2. The van der Waals surface area contributed by atoms with Crippen LogP contribution in [0.3, 0.4) is 0 Å². The maximum Gasteiger partial charge on any atom is 0.412 e. The predicted molar refractivity (Wildman–Crippen MR) is 138 cm³/mol. The van der Waals surface area contributed by atoms with Crippen LogP contribution in [0.4, 0.5) is 14.9 Å². The number of hydrogen-bond donors (Lipinski definition) is 1. The van der Waals surface area contributed by atoms with Crippen LogP contribution in [-0.4, -0.2) is 29.2 Å². The summed E-state index contributed by atoms with van der Waals surface area (Å²) in [5.41, 5.74) is 1.68. The van der Waals surface area contributed by atoms with Crippen LogP contribution in [0.1, 0.15) is 50.4 Å². The largest absolute Gasteiger partial charge is 0.465 e. The number of ether oxygens (including phenoxy) is 2. The molecule has 1 amide bonds. The molecule has 190 valence electrons. The van der Waals surface area contributed by atoms with Gasteiger partial charge in [-0.15, -0.1) is 0 Å². The van der Waals surface area contributed by atoms with Crippen LogP contribution in [0, 0.1) is 5.82 Å². The van der Waals surface area contributed by atoms with Crippen molar-refractivity contribution in [1.82, 2.24) is 4.90 Å². The van der Waals surface area contributed by atoms with E-state index in [-0.39, 0.29) is 12.3 Å². The highest BCUT2D eigenvalue weighted by Crippen LogP contribution is 2.29. The van der Waals surface area contributed by atoms with E-state index < -0.39 is 29.5 Å². The molecule has 36 heavy (non-hydrogen) atoms. The molecule has 0 saturated carbocycles. The van der Waals surface area contributed by atoms with E-state index in [0.717, 1.165) is 11.1 Å². The number of carbonyl (C=O) groups excluding carboxylic acids is 2. The summed E-state index contributed by atoms with van der Waals surface area (Å²) in [4.78, 5) is 27.3. The molecule has 1 atom stereocenters. The molecule has 0 fully saturated rings. The van der Waals surface area contributed by atoms with Gasteiger partial charge >= 0.3 is 12.1 Å². The Morgan fingerprint density at radius 3 is 1.94 bits per heavy atom. The number of rotatable bonds is 9. The van der Waals surface area contributed by atoms with Crippen LogP contribution in [0.15, 0.2) is 78.9 Å². The molecule has 6 nitrogen and oxygen atoms in total. The second-order valence-electron chi connectivity index (χ2n) is 9.40. The number of esters is 1. The Labute approximate surface area is 212 Å². The van der Waals surface area contributed by atoms with E-state index in [1.807, 2.05) is 65.6 Å². The molecule has 0 aliphatic carbocycles. The summed E-state index contributed by atoms with van der Waals surface area (Å²) in [7, 11) is 0. The predicted octanol–water partition coefficient (Wildman–Crippen LogP) is 6.48. The Kier molecular flexibility index (Phi) is 9.19. The molecule has 1 unspecified atom stereocenters. The first-order chi connectivity index (χ1) is 17.2. The first-order valence-electron chi connectivity index (χ1n) is 11.9. The summed E-state index contributed by atoms with van der Waals surface area (Å²) in [6.45, 7) is 8.00. The normalized spacial score (nSPS) is 12.2. The zero-order chi connectivity index (χ0) is 26.1. The summed E-state index contributed by atoms with van der Waals surface area (Å²) in [6.07, 6.45) is -0.758. The third-order valence-corrected chi connectivity index (χ3v) is 5.28. The van der Waals surface area contributed by atoms with E-state index in [0.29, 0.717) is 18.7 Å². The summed E-state index contributed by atoms with van der Waals surface area (Å²) >= 11 is 0. The fourth-order valence-electron chi connectivity index (χ4n) is 3.81. The first-order valence-corrected chi connectivity index (χ1v) is 11.9. The van der Waals surface area contributed by atoms with Crippen LogP contribution in [0.2, 0.25) is 0 Å². The van der Waals surface area contributed by atoms with Gasteiger partial charge in [-0.3, -0.25) is 10.2 Å². The van der Waals surface area contributed by atoms with Crippen molar-refractivity contribution in [1.29, 1.82) is 0 Å². The number of amides is 1. The smallest absolute Gasteiger partial charge is 0.412 e. The number of benzene rings is 3. The molecule has 3 aromatic rings. The molecule has 7 heteroatoms. The van der Waals surface area contributed by atoms with Crippen molar-refractivity contribution in [2.24, 2.45) is 0 Å². The lowest BCUT2D eigenvalue weighted by atomic mass is 10.0. The minimum absolute atomic E-state index is 0.0340. The van der Waals surface area contributed by atoms with Crippen molar-refractivity contribution in [3.05, 3.63) is 101 Å². The number of anilines is 1. The second kappa shape index (κ2) is 12.3. The molecular formula is C29H33FN2O4. The SMILES string of the molecule is CCOC(=O)C(c1ccc(NC(=O)OC(C)(C)C)c(F)c1)N(Cc1ccccc1)Cc1ccccc1. The molecular weight excluding hydrogens is 459 g/mol. The summed E-state index contributed by atoms with van der Waals surface area (Å²) in [5.74, 6) is -1.15. The van der Waals surface area contributed by atoms with Crippen molar-refractivity contribution in [3.8, 4) is 0 Å². The molecule has 0 spiro atoms. The standard InChI is InChI=1S/C29H33FN2O4/c1-5-35-27(33)26(23-16-17-25(24(30)18-23)31-28(34)36-29(2,3)4)32(19-21-12-8-6-9-13-21)20-22-14-10-7-11-15-22/h6-18,26H,5,19-20H2,1-4H3,(H,31,34). The van der Waals surface area contributed by atoms with Gasteiger partial charge in [-0.05, 0) is 56.5 Å². The lowest BCUT2D eigenvalue weighted by Gasteiger charge is -2.31. The molecule has 0 bridgehead atoms. The highest BCUT2D eigenvalue weighted by molar-refractivity contribution is 5.85. The number of hydrogen-bond acceptors (Lipinski definition) is 5. The maximum absolute atomic E-state index is 15.1. The van der Waals surface area contributed by atoms with Gasteiger partial charge in [0.1, 0.15) is 17.5 Å². The fourth-order valence-corrected chi connectivity index (χ4v) is 3.81. The van der Waals surface area contributed by atoms with Crippen molar-refractivity contribution in [3.63, 3.8) is 0 Å².